The van der Waals surface area contributed by atoms with Crippen LogP contribution in [-0.4, -0.2) is 16.8 Å². The molecule has 4 nitrogen and oxygen atoms in total. The summed E-state index contributed by atoms with van der Waals surface area (Å²) in [7, 11) is -3.87. The molecule has 1 rings (SSSR count). The highest BCUT2D eigenvalue weighted by molar-refractivity contribution is 7.53. The Morgan fingerprint density at radius 3 is 2.42 bits per heavy atom. The molecule has 1 aromatic rings. The van der Waals surface area contributed by atoms with Gasteiger partial charge >= 0.3 is 7.60 Å². The normalized spacial score (nSPS) is 17.5. The Balaban J connectivity index is 3.03. The zero-order valence-electron chi connectivity index (χ0n) is 11.6. The number of rotatable bonds is 7. The van der Waals surface area contributed by atoms with Crippen molar-refractivity contribution in [1.82, 2.24) is 0 Å². The van der Waals surface area contributed by atoms with Gasteiger partial charge in [-0.15, -0.1) is 0 Å². The van der Waals surface area contributed by atoms with Gasteiger partial charge in [-0.2, -0.15) is 0 Å². The van der Waals surface area contributed by atoms with Crippen LogP contribution in [0.5, 0.6) is 0 Å². The van der Waals surface area contributed by atoms with Crippen LogP contribution in [0.15, 0.2) is 30.3 Å². The van der Waals surface area contributed by atoms with Crippen molar-refractivity contribution in [2.75, 3.05) is 0 Å². The van der Waals surface area contributed by atoms with E-state index < -0.39 is 13.3 Å². The van der Waals surface area contributed by atoms with Crippen LogP contribution in [0.4, 0.5) is 0 Å². The highest BCUT2D eigenvalue weighted by Crippen LogP contribution is 2.59. The molecule has 0 heterocycles. The largest absolute Gasteiger partial charge is 0.336 e. The van der Waals surface area contributed by atoms with E-state index in [0.29, 0.717) is 12.0 Å². The molecule has 0 aromatic heterocycles. The molecule has 3 atom stereocenters. The Bertz CT molecular complexity index is 458. The van der Waals surface area contributed by atoms with Crippen molar-refractivity contribution in [3.63, 3.8) is 0 Å². The van der Waals surface area contributed by atoms with E-state index in [1.54, 1.807) is 31.2 Å². The molecule has 19 heavy (non-hydrogen) atoms. The molecule has 0 spiro atoms. The Morgan fingerprint density at radius 1 is 1.37 bits per heavy atom. The lowest BCUT2D eigenvalue weighted by Gasteiger charge is -2.24. The van der Waals surface area contributed by atoms with E-state index in [-0.39, 0.29) is 18.3 Å². The Hall–Kier alpha value is -0.960. The molecule has 0 aliphatic rings. The fraction of sp³-hybridized carbons (Fsp3) is 0.500. The van der Waals surface area contributed by atoms with E-state index in [2.05, 4.69) is 0 Å². The van der Waals surface area contributed by atoms with Crippen molar-refractivity contribution in [1.29, 1.82) is 0 Å². The second-order valence-electron chi connectivity index (χ2n) is 4.72. The van der Waals surface area contributed by atoms with Gasteiger partial charge in [0.15, 0.2) is 0 Å². The summed E-state index contributed by atoms with van der Waals surface area (Å²) in [5, 5.41) is 0. The average molecular weight is 284 g/mol. The second kappa shape index (κ2) is 6.99. The fourth-order valence-electron chi connectivity index (χ4n) is 1.77. The maximum absolute atomic E-state index is 12.4. The zero-order chi connectivity index (χ0) is 14.5. The van der Waals surface area contributed by atoms with E-state index in [9.17, 15) is 14.3 Å². The molecule has 106 valence electrons. The molecular weight excluding hydrogens is 263 g/mol. The standard InChI is InChI=1S/C14H21O4P/c1-4-12(3)18-19(16,17)14(10-11(2)15)13-8-6-5-7-9-13/h5-9,12,14H,4,10H2,1-3H3,(H,16,17). The van der Waals surface area contributed by atoms with Crippen LogP contribution in [0, 0.1) is 0 Å². The van der Waals surface area contributed by atoms with Crippen molar-refractivity contribution in [3.8, 4) is 0 Å². The van der Waals surface area contributed by atoms with Gasteiger partial charge in [-0.3, -0.25) is 9.36 Å². The summed E-state index contributed by atoms with van der Waals surface area (Å²) in [6, 6.07) is 8.89. The first-order valence-electron chi connectivity index (χ1n) is 6.42. The van der Waals surface area contributed by atoms with Gasteiger partial charge in [0.2, 0.25) is 0 Å². The van der Waals surface area contributed by atoms with Crippen molar-refractivity contribution >= 4 is 13.4 Å². The van der Waals surface area contributed by atoms with Gasteiger partial charge in [-0.1, -0.05) is 37.3 Å². The van der Waals surface area contributed by atoms with Crippen molar-refractivity contribution in [3.05, 3.63) is 35.9 Å². The van der Waals surface area contributed by atoms with Crippen LogP contribution in [0.2, 0.25) is 0 Å². The van der Waals surface area contributed by atoms with E-state index in [0.717, 1.165) is 0 Å². The molecule has 0 fully saturated rings. The summed E-state index contributed by atoms with van der Waals surface area (Å²) < 4.78 is 17.7. The number of carbonyl (C=O) groups excluding carboxylic acids is 1. The molecule has 5 heteroatoms. The quantitative estimate of drug-likeness (QED) is 0.775. The summed E-state index contributed by atoms with van der Waals surface area (Å²) in [6.07, 6.45) is 0.342. The van der Waals surface area contributed by atoms with E-state index in [1.165, 1.54) is 6.92 Å². The number of benzene rings is 1. The van der Waals surface area contributed by atoms with Gasteiger partial charge in [-0.25, -0.2) is 0 Å². The highest BCUT2D eigenvalue weighted by Gasteiger charge is 2.35. The van der Waals surface area contributed by atoms with Crippen molar-refractivity contribution < 1.29 is 18.8 Å². The van der Waals surface area contributed by atoms with Gasteiger partial charge in [-0.05, 0) is 25.8 Å². The topological polar surface area (TPSA) is 63.6 Å². The number of hydrogen-bond acceptors (Lipinski definition) is 3. The van der Waals surface area contributed by atoms with Gasteiger partial charge in [0.1, 0.15) is 5.78 Å². The second-order valence-corrected chi connectivity index (χ2v) is 6.68. The first-order chi connectivity index (χ1) is 8.86. The molecule has 0 aliphatic heterocycles. The van der Waals surface area contributed by atoms with Crippen LogP contribution < -0.4 is 0 Å². The predicted octanol–water partition coefficient (Wildman–Crippen LogP) is 3.71. The summed E-state index contributed by atoms with van der Waals surface area (Å²) in [6.45, 7) is 5.05. The van der Waals surface area contributed by atoms with Gasteiger partial charge < -0.3 is 9.42 Å². The molecule has 1 aromatic carbocycles. The van der Waals surface area contributed by atoms with E-state index >= 15 is 0 Å². The lowest BCUT2D eigenvalue weighted by Crippen LogP contribution is -2.12. The molecule has 0 saturated heterocycles. The molecule has 1 N–H and O–H groups in total. The lowest BCUT2D eigenvalue weighted by atomic mass is 10.1. The summed E-state index contributed by atoms with van der Waals surface area (Å²) in [4.78, 5) is 21.5. The third kappa shape index (κ3) is 4.90. The molecule has 0 bridgehead atoms. The zero-order valence-corrected chi connectivity index (χ0v) is 12.5. The Labute approximate surface area is 114 Å². The van der Waals surface area contributed by atoms with Crippen LogP contribution in [0.1, 0.15) is 44.8 Å². The fourth-order valence-corrected chi connectivity index (χ4v) is 3.62. The SMILES string of the molecule is CCC(C)OP(=O)(O)C(CC(C)=O)c1ccccc1. The Kier molecular flexibility index (Phi) is 5.92. The molecule has 0 aliphatic carbocycles. The molecular formula is C14H21O4P. The molecule has 0 amide bonds. The van der Waals surface area contributed by atoms with E-state index in [1.807, 2.05) is 13.0 Å². The maximum atomic E-state index is 12.4. The number of ketones is 1. The Morgan fingerprint density at radius 2 is 1.95 bits per heavy atom. The number of Topliss-reactive ketones (excluding diaryl/α,β-unsaturated/α-hetero) is 1. The smallest absolute Gasteiger partial charge is 0.324 e. The van der Waals surface area contributed by atoms with Crippen molar-refractivity contribution in [2.24, 2.45) is 0 Å². The van der Waals surface area contributed by atoms with E-state index in [4.69, 9.17) is 4.52 Å². The minimum atomic E-state index is -3.87. The third-order valence-corrected chi connectivity index (χ3v) is 4.90. The van der Waals surface area contributed by atoms with Crippen LogP contribution >= 0.6 is 7.60 Å². The van der Waals surface area contributed by atoms with Gasteiger partial charge in [0.05, 0.1) is 11.8 Å². The van der Waals surface area contributed by atoms with Crippen LogP contribution in [-0.2, 0) is 13.9 Å². The van der Waals surface area contributed by atoms with Gasteiger partial charge in [0.25, 0.3) is 0 Å². The average Bonchev–Trinajstić information content (AvgIpc) is 2.36. The van der Waals surface area contributed by atoms with Crippen LogP contribution in [0.3, 0.4) is 0 Å². The van der Waals surface area contributed by atoms with Crippen molar-refractivity contribution in [2.45, 2.75) is 45.4 Å². The first kappa shape index (κ1) is 16.1. The van der Waals surface area contributed by atoms with Crippen LogP contribution in [0.25, 0.3) is 0 Å². The summed E-state index contributed by atoms with van der Waals surface area (Å²) in [5.41, 5.74) is -0.132. The molecule has 3 unspecified atom stereocenters. The third-order valence-electron chi connectivity index (χ3n) is 2.96. The highest BCUT2D eigenvalue weighted by atomic mass is 31.2. The predicted molar refractivity (Wildman–Crippen MR) is 75.1 cm³/mol. The maximum Gasteiger partial charge on any atom is 0.336 e. The molecule has 0 radical (unpaired) electrons. The van der Waals surface area contributed by atoms with Gasteiger partial charge in [0, 0.05) is 6.42 Å². The summed E-state index contributed by atoms with van der Waals surface area (Å²) in [5.74, 6) is -0.129. The monoisotopic (exact) mass is 284 g/mol. The molecule has 0 saturated carbocycles. The lowest BCUT2D eigenvalue weighted by molar-refractivity contribution is -0.117. The number of carbonyl (C=O) groups is 1. The number of hydrogen-bond donors (Lipinski definition) is 1. The first-order valence-corrected chi connectivity index (χ1v) is 8.06. The minimum absolute atomic E-state index is 0.00816. The summed E-state index contributed by atoms with van der Waals surface area (Å²) >= 11 is 0. The minimum Gasteiger partial charge on any atom is -0.324 e.